The lowest BCUT2D eigenvalue weighted by Gasteiger charge is -2.41. The number of nitrogens with zero attached hydrogens (tertiary/aromatic N) is 3. The summed E-state index contributed by atoms with van der Waals surface area (Å²) >= 11 is 0. The highest BCUT2D eigenvalue weighted by molar-refractivity contribution is 7.89. The van der Waals surface area contributed by atoms with Crippen LogP contribution < -0.4 is 10.1 Å². The van der Waals surface area contributed by atoms with E-state index in [2.05, 4.69) is 5.32 Å². The second-order valence-corrected chi connectivity index (χ2v) is 14.5. The van der Waals surface area contributed by atoms with Crippen molar-refractivity contribution in [2.24, 2.45) is 5.92 Å². The van der Waals surface area contributed by atoms with Crippen molar-refractivity contribution in [1.82, 2.24) is 19.4 Å². The number of aliphatic hydroxyl groups is 1. The zero-order valence-corrected chi connectivity index (χ0v) is 27.5. The number of rotatable bonds is 13. The van der Waals surface area contributed by atoms with Crippen LogP contribution in [0, 0.1) is 5.92 Å². The molecule has 0 spiro atoms. The monoisotopic (exact) mass is 632 g/mol. The molecule has 1 aliphatic heterocycles. The van der Waals surface area contributed by atoms with Crippen LogP contribution >= 0.6 is 0 Å². The summed E-state index contributed by atoms with van der Waals surface area (Å²) in [4.78, 5) is 29.8. The van der Waals surface area contributed by atoms with Crippen LogP contribution in [0.2, 0.25) is 0 Å². The minimum absolute atomic E-state index is 0.0698. The summed E-state index contributed by atoms with van der Waals surface area (Å²) < 4.78 is 39.0. The molecule has 1 saturated heterocycles. The Labute approximate surface area is 262 Å². The Hall–Kier alpha value is -3.19. The van der Waals surface area contributed by atoms with Crippen LogP contribution in [0.5, 0.6) is 5.75 Å². The second-order valence-electron chi connectivity index (χ2n) is 12.6. The molecule has 0 unspecified atom stereocenters. The fourth-order valence-electron chi connectivity index (χ4n) is 4.99. The maximum atomic E-state index is 13.5. The van der Waals surface area contributed by atoms with E-state index in [9.17, 15) is 23.1 Å². The van der Waals surface area contributed by atoms with Crippen LogP contribution in [0.25, 0.3) is 0 Å². The maximum absolute atomic E-state index is 13.5. The van der Waals surface area contributed by atoms with Crippen molar-refractivity contribution >= 4 is 22.0 Å². The van der Waals surface area contributed by atoms with Crippen molar-refractivity contribution in [2.75, 3.05) is 46.4 Å². The summed E-state index contributed by atoms with van der Waals surface area (Å²) in [5.74, 6) is 0.374. The number of hydrogen-bond acceptors (Lipinski definition) is 8. The van der Waals surface area contributed by atoms with Gasteiger partial charge in [0.2, 0.25) is 15.9 Å². The third kappa shape index (κ3) is 10.5. The van der Waals surface area contributed by atoms with E-state index in [4.69, 9.17) is 9.47 Å². The van der Waals surface area contributed by atoms with E-state index >= 15 is 0 Å². The number of benzene rings is 2. The summed E-state index contributed by atoms with van der Waals surface area (Å²) in [6.45, 7) is 11.0. The number of sulfonamides is 1. The lowest BCUT2D eigenvalue weighted by molar-refractivity contribution is -0.130. The van der Waals surface area contributed by atoms with Gasteiger partial charge in [-0.3, -0.25) is 9.69 Å². The molecule has 0 radical (unpaired) electrons. The van der Waals surface area contributed by atoms with Gasteiger partial charge in [0, 0.05) is 44.8 Å². The van der Waals surface area contributed by atoms with Gasteiger partial charge in [0.05, 0.1) is 18.1 Å². The summed E-state index contributed by atoms with van der Waals surface area (Å²) in [5, 5.41) is 14.1. The molecule has 0 saturated carbocycles. The average Bonchev–Trinajstić information content (AvgIpc) is 2.97. The molecule has 2 atom stereocenters. The molecule has 2 amide bonds. The first kappa shape index (κ1) is 35.3. The van der Waals surface area contributed by atoms with Gasteiger partial charge >= 0.3 is 6.09 Å². The number of carbonyl (C=O) groups excluding carboxylic acids is 2. The minimum Gasteiger partial charge on any atom is -0.497 e. The summed E-state index contributed by atoms with van der Waals surface area (Å²) in [6.07, 6.45) is -1.23. The molecule has 44 heavy (non-hydrogen) atoms. The van der Waals surface area contributed by atoms with Crippen molar-refractivity contribution in [3.05, 3.63) is 60.2 Å². The van der Waals surface area contributed by atoms with Crippen LogP contribution in [-0.4, -0.2) is 104 Å². The maximum Gasteiger partial charge on any atom is 0.410 e. The molecule has 0 bridgehead atoms. The van der Waals surface area contributed by atoms with Crippen molar-refractivity contribution in [2.45, 2.75) is 70.2 Å². The van der Waals surface area contributed by atoms with Gasteiger partial charge in [-0.25, -0.2) is 13.2 Å². The number of hydrogen-bond donors (Lipinski definition) is 2. The number of β-amino-alcohol motifs (C(OH)–C–C–N with tert-alkyl or cyclic N) is 1. The van der Waals surface area contributed by atoms with Gasteiger partial charge in [-0.05, 0) is 62.9 Å². The van der Waals surface area contributed by atoms with Gasteiger partial charge in [-0.1, -0.05) is 44.2 Å². The smallest absolute Gasteiger partial charge is 0.410 e. The highest BCUT2D eigenvalue weighted by Crippen LogP contribution is 2.22. The Morgan fingerprint density at radius 1 is 1.07 bits per heavy atom. The predicted molar refractivity (Wildman–Crippen MR) is 169 cm³/mol. The molecular formula is C32H48N4O7S. The zero-order valence-electron chi connectivity index (χ0n) is 26.7. The molecule has 2 N–H and O–H groups in total. The number of carbonyl (C=O) groups is 2. The van der Waals surface area contributed by atoms with E-state index < -0.39 is 33.8 Å². The Bertz CT molecular complexity index is 1310. The highest BCUT2D eigenvalue weighted by atomic mass is 32.2. The normalized spacial score (nSPS) is 17.0. The number of piperazine rings is 1. The first-order chi connectivity index (χ1) is 20.7. The van der Waals surface area contributed by atoms with Gasteiger partial charge in [-0.15, -0.1) is 0 Å². The molecule has 0 aliphatic carbocycles. The first-order valence-corrected chi connectivity index (χ1v) is 16.5. The van der Waals surface area contributed by atoms with Crippen molar-refractivity contribution in [3.63, 3.8) is 0 Å². The molecule has 1 heterocycles. The Kier molecular flexibility index (Phi) is 12.6. The fraction of sp³-hybridized carbons (Fsp3) is 0.562. The average molecular weight is 633 g/mol. The molecule has 11 nitrogen and oxygen atoms in total. The number of methoxy groups -OCH3 is 1. The topological polar surface area (TPSA) is 129 Å². The molecule has 12 heteroatoms. The molecule has 0 aromatic heterocycles. The summed E-state index contributed by atoms with van der Waals surface area (Å²) in [6, 6.07) is 14.9. The standard InChI is InChI=1S/C32H48N4O7S/c1-24(2)20-36(44(40,41)28-14-12-27(42-6)13-15-28)17-16-26(37)21-34-18-19-35(22-29(34)30(38)33-32(3,4)5)31(39)43-23-25-10-8-7-9-11-25/h7-15,24,26,29,37H,16-23H2,1-6H3,(H,33,38)/t26-,29-/m0/s1. The zero-order chi connectivity index (χ0) is 32.5. The van der Waals surface area contributed by atoms with E-state index in [1.807, 2.05) is 69.9 Å². The SMILES string of the molecule is COc1ccc(S(=O)(=O)N(CC[C@H](O)CN2CCN(C(=O)OCc3ccccc3)C[C@H]2C(=O)NC(C)(C)C)CC(C)C)cc1. The van der Waals surface area contributed by atoms with Crippen molar-refractivity contribution in [1.29, 1.82) is 0 Å². The molecule has 244 valence electrons. The van der Waals surface area contributed by atoms with Crippen LogP contribution in [-0.2, 0) is 26.2 Å². The van der Waals surface area contributed by atoms with Crippen molar-refractivity contribution in [3.8, 4) is 5.75 Å². The number of aliphatic hydroxyl groups excluding tert-OH is 1. The Morgan fingerprint density at radius 3 is 2.32 bits per heavy atom. The minimum atomic E-state index is -3.81. The van der Waals surface area contributed by atoms with Gasteiger partial charge in [0.1, 0.15) is 18.4 Å². The second kappa shape index (κ2) is 15.7. The van der Waals surface area contributed by atoms with Gasteiger partial charge in [-0.2, -0.15) is 4.31 Å². The number of nitrogens with one attached hydrogen (secondary N) is 1. The van der Waals surface area contributed by atoms with Gasteiger partial charge < -0.3 is 24.8 Å². The van der Waals surface area contributed by atoms with Crippen LogP contribution in [0.3, 0.4) is 0 Å². The molecule has 1 fully saturated rings. The number of ether oxygens (including phenoxy) is 2. The lowest BCUT2D eigenvalue weighted by Crippen LogP contribution is -2.62. The molecule has 3 rings (SSSR count). The van der Waals surface area contributed by atoms with E-state index in [1.54, 1.807) is 12.1 Å². The van der Waals surface area contributed by atoms with E-state index in [0.29, 0.717) is 25.4 Å². The quantitative estimate of drug-likeness (QED) is 0.344. The summed E-state index contributed by atoms with van der Waals surface area (Å²) in [5.41, 5.74) is 0.370. The van der Waals surface area contributed by atoms with Crippen LogP contribution in [0.4, 0.5) is 4.79 Å². The molecule has 1 aliphatic rings. The predicted octanol–water partition coefficient (Wildman–Crippen LogP) is 3.33. The number of amides is 2. The van der Waals surface area contributed by atoms with Crippen molar-refractivity contribution < 1.29 is 32.6 Å². The summed E-state index contributed by atoms with van der Waals surface area (Å²) in [7, 11) is -2.29. The molecule has 2 aromatic carbocycles. The molecular weight excluding hydrogens is 584 g/mol. The van der Waals surface area contributed by atoms with E-state index in [1.165, 1.54) is 28.4 Å². The first-order valence-electron chi connectivity index (χ1n) is 15.0. The fourth-order valence-corrected chi connectivity index (χ4v) is 6.60. The highest BCUT2D eigenvalue weighted by Gasteiger charge is 2.37. The van der Waals surface area contributed by atoms with E-state index in [0.717, 1.165) is 5.56 Å². The van der Waals surface area contributed by atoms with Gasteiger partial charge in [0.15, 0.2) is 0 Å². The lowest BCUT2D eigenvalue weighted by atomic mass is 10.1. The van der Waals surface area contributed by atoms with Crippen LogP contribution in [0.15, 0.2) is 59.5 Å². The third-order valence-corrected chi connectivity index (χ3v) is 9.06. The largest absolute Gasteiger partial charge is 0.497 e. The van der Waals surface area contributed by atoms with Crippen LogP contribution in [0.1, 0.15) is 46.6 Å². The van der Waals surface area contributed by atoms with E-state index in [-0.39, 0.29) is 49.4 Å². The Morgan fingerprint density at radius 2 is 1.73 bits per heavy atom. The Balaban J connectivity index is 1.67. The third-order valence-electron chi connectivity index (χ3n) is 7.18. The molecule has 2 aromatic rings. The van der Waals surface area contributed by atoms with Gasteiger partial charge in [0.25, 0.3) is 0 Å².